The number of amides is 2. The Hall–Kier alpha value is -3.80. The Kier molecular flexibility index (Phi) is 7.23. The fourth-order valence-electron chi connectivity index (χ4n) is 2.56. The predicted octanol–water partition coefficient (Wildman–Crippen LogP) is 3.15. The minimum absolute atomic E-state index is 0.193. The molecule has 29 heavy (non-hydrogen) atoms. The first-order valence-corrected chi connectivity index (χ1v) is 9.24. The number of para-hydroxylation sites is 1. The summed E-state index contributed by atoms with van der Waals surface area (Å²) in [4.78, 5) is 24.0. The third kappa shape index (κ3) is 6.70. The standard InChI is InChI=1S/C23H22N2O4/c26-22(17-18-7-3-1-4-8-18)24-25-23(27)19-11-13-21(14-12-19)29-16-15-28-20-9-5-2-6-10-20/h1-14H,15-17H2,(H,24,26)(H,25,27). The van der Waals surface area contributed by atoms with Gasteiger partial charge in [0.05, 0.1) is 6.42 Å². The lowest BCUT2D eigenvalue weighted by Gasteiger charge is -2.10. The fraction of sp³-hybridized carbons (Fsp3) is 0.130. The Morgan fingerprint density at radius 3 is 1.83 bits per heavy atom. The maximum absolute atomic E-state index is 12.1. The van der Waals surface area contributed by atoms with Crippen molar-refractivity contribution < 1.29 is 19.1 Å². The van der Waals surface area contributed by atoms with Gasteiger partial charge in [-0.2, -0.15) is 0 Å². The highest BCUT2D eigenvalue weighted by Gasteiger charge is 2.08. The second-order valence-corrected chi connectivity index (χ2v) is 6.20. The first-order chi connectivity index (χ1) is 14.2. The molecule has 0 aliphatic carbocycles. The zero-order valence-corrected chi connectivity index (χ0v) is 15.8. The summed E-state index contributed by atoms with van der Waals surface area (Å²) >= 11 is 0. The fourth-order valence-corrected chi connectivity index (χ4v) is 2.56. The smallest absolute Gasteiger partial charge is 0.269 e. The van der Waals surface area contributed by atoms with Crippen molar-refractivity contribution in [2.24, 2.45) is 0 Å². The molecule has 3 aromatic rings. The molecule has 0 radical (unpaired) electrons. The second-order valence-electron chi connectivity index (χ2n) is 6.20. The molecule has 148 valence electrons. The van der Waals surface area contributed by atoms with Crippen LogP contribution < -0.4 is 20.3 Å². The van der Waals surface area contributed by atoms with Crippen LogP contribution in [-0.2, 0) is 11.2 Å². The number of nitrogens with one attached hydrogen (secondary N) is 2. The van der Waals surface area contributed by atoms with E-state index in [-0.39, 0.29) is 12.3 Å². The second kappa shape index (κ2) is 10.5. The van der Waals surface area contributed by atoms with E-state index in [4.69, 9.17) is 9.47 Å². The molecule has 6 nitrogen and oxygen atoms in total. The van der Waals surface area contributed by atoms with Crippen LogP contribution in [0.15, 0.2) is 84.9 Å². The molecule has 0 aliphatic heterocycles. The van der Waals surface area contributed by atoms with Crippen molar-refractivity contribution in [2.75, 3.05) is 13.2 Å². The molecule has 0 saturated heterocycles. The molecule has 2 N–H and O–H groups in total. The Morgan fingerprint density at radius 2 is 1.21 bits per heavy atom. The molecular formula is C23H22N2O4. The summed E-state index contributed by atoms with van der Waals surface area (Å²) in [5.74, 6) is 0.733. The summed E-state index contributed by atoms with van der Waals surface area (Å²) in [6, 6.07) is 25.5. The van der Waals surface area contributed by atoms with Gasteiger partial charge in [0.25, 0.3) is 5.91 Å². The molecule has 6 heteroatoms. The first-order valence-electron chi connectivity index (χ1n) is 9.24. The third-order valence-corrected chi connectivity index (χ3v) is 4.00. The summed E-state index contributed by atoms with van der Waals surface area (Å²) in [5, 5.41) is 0. The third-order valence-electron chi connectivity index (χ3n) is 4.00. The van der Waals surface area contributed by atoms with Crippen LogP contribution in [0.4, 0.5) is 0 Å². The highest BCUT2D eigenvalue weighted by atomic mass is 16.5. The van der Waals surface area contributed by atoms with E-state index < -0.39 is 5.91 Å². The number of carbonyl (C=O) groups excluding carboxylic acids is 2. The van der Waals surface area contributed by atoms with Crippen molar-refractivity contribution in [1.29, 1.82) is 0 Å². The summed E-state index contributed by atoms with van der Waals surface area (Å²) in [6.45, 7) is 0.801. The van der Waals surface area contributed by atoms with Gasteiger partial charge in [0.1, 0.15) is 24.7 Å². The summed E-state index contributed by atoms with van der Waals surface area (Å²) in [7, 11) is 0. The van der Waals surface area contributed by atoms with Crippen LogP contribution >= 0.6 is 0 Å². The largest absolute Gasteiger partial charge is 0.490 e. The molecule has 0 atom stereocenters. The molecule has 0 spiro atoms. The van der Waals surface area contributed by atoms with Crippen molar-refractivity contribution in [1.82, 2.24) is 10.9 Å². The number of rotatable bonds is 8. The molecule has 0 heterocycles. The van der Waals surface area contributed by atoms with Crippen LogP contribution in [0.3, 0.4) is 0 Å². The Balaban J connectivity index is 1.38. The number of hydrogen-bond donors (Lipinski definition) is 2. The average Bonchev–Trinajstić information content (AvgIpc) is 2.77. The van der Waals surface area contributed by atoms with Gasteiger partial charge in [-0.15, -0.1) is 0 Å². The van der Waals surface area contributed by atoms with Crippen LogP contribution in [0.25, 0.3) is 0 Å². The van der Waals surface area contributed by atoms with Gasteiger partial charge in [0.2, 0.25) is 5.91 Å². The molecule has 2 amide bonds. The van der Waals surface area contributed by atoms with Crippen LogP contribution in [0.2, 0.25) is 0 Å². The molecule has 3 rings (SSSR count). The number of hydrogen-bond acceptors (Lipinski definition) is 4. The SMILES string of the molecule is O=C(Cc1ccccc1)NNC(=O)c1ccc(OCCOc2ccccc2)cc1. The van der Waals surface area contributed by atoms with Crippen LogP contribution in [0.1, 0.15) is 15.9 Å². The lowest BCUT2D eigenvalue weighted by molar-refractivity contribution is -0.121. The Labute approximate surface area is 169 Å². The molecule has 3 aromatic carbocycles. The number of benzene rings is 3. The molecular weight excluding hydrogens is 368 g/mol. The topological polar surface area (TPSA) is 76.7 Å². The molecule has 0 bridgehead atoms. The molecule has 0 aliphatic rings. The van der Waals surface area contributed by atoms with Crippen molar-refractivity contribution in [3.8, 4) is 11.5 Å². The maximum atomic E-state index is 12.1. The number of ether oxygens (including phenoxy) is 2. The van der Waals surface area contributed by atoms with Crippen molar-refractivity contribution >= 4 is 11.8 Å². The lowest BCUT2D eigenvalue weighted by atomic mass is 10.1. The Morgan fingerprint density at radius 1 is 0.655 bits per heavy atom. The van der Waals surface area contributed by atoms with Gasteiger partial charge in [-0.1, -0.05) is 48.5 Å². The van der Waals surface area contributed by atoms with E-state index in [1.165, 1.54) is 0 Å². The van der Waals surface area contributed by atoms with Gasteiger partial charge < -0.3 is 9.47 Å². The predicted molar refractivity (Wildman–Crippen MR) is 110 cm³/mol. The van der Waals surface area contributed by atoms with Crippen molar-refractivity contribution in [2.45, 2.75) is 6.42 Å². The molecule has 0 fully saturated rings. The summed E-state index contributed by atoms with van der Waals surface area (Å²) in [6.07, 6.45) is 0.193. The van der Waals surface area contributed by atoms with E-state index in [0.717, 1.165) is 11.3 Å². The monoisotopic (exact) mass is 390 g/mol. The molecule has 0 saturated carbocycles. The van der Waals surface area contributed by atoms with E-state index in [2.05, 4.69) is 10.9 Å². The minimum atomic E-state index is -0.398. The van der Waals surface area contributed by atoms with Crippen molar-refractivity contribution in [3.63, 3.8) is 0 Å². The van der Waals surface area contributed by atoms with Crippen LogP contribution in [0.5, 0.6) is 11.5 Å². The van der Waals surface area contributed by atoms with Gasteiger partial charge in [-0.3, -0.25) is 20.4 Å². The van der Waals surface area contributed by atoms with Gasteiger partial charge >= 0.3 is 0 Å². The quantitative estimate of drug-likeness (QED) is 0.458. The van der Waals surface area contributed by atoms with Crippen LogP contribution in [-0.4, -0.2) is 25.0 Å². The summed E-state index contributed by atoms with van der Waals surface area (Å²) in [5.41, 5.74) is 6.11. The number of hydrazine groups is 1. The van der Waals surface area contributed by atoms with Gasteiger partial charge in [-0.25, -0.2) is 0 Å². The normalized spacial score (nSPS) is 10.1. The van der Waals surface area contributed by atoms with Gasteiger partial charge in [-0.05, 0) is 42.0 Å². The first kappa shape index (κ1) is 19.9. The summed E-state index contributed by atoms with van der Waals surface area (Å²) < 4.78 is 11.2. The highest BCUT2D eigenvalue weighted by Crippen LogP contribution is 2.13. The maximum Gasteiger partial charge on any atom is 0.269 e. The van der Waals surface area contributed by atoms with E-state index in [0.29, 0.717) is 24.5 Å². The lowest BCUT2D eigenvalue weighted by Crippen LogP contribution is -2.42. The zero-order valence-electron chi connectivity index (χ0n) is 15.8. The average molecular weight is 390 g/mol. The van der Waals surface area contributed by atoms with Crippen LogP contribution in [0, 0.1) is 0 Å². The van der Waals surface area contributed by atoms with Gasteiger partial charge in [0.15, 0.2) is 0 Å². The van der Waals surface area contributed by atoms with E-state index in [9.17, 15) is 9.59 Å². The molecule has 0 unspecified atom stereocenters. The van der Waals surface area contributed by atoms with Gasteiger partial charge in [0, 0.05) is 5.56 Å². The van der Waals surface area contributed by atoms with E-state index in [1.807, 2.05) is 60.7 Å². The zero-order chi connectivity index (χ0) is 20.3. The molecule has 0 aromatic heterocycles. The Bertz CT molecular complexity index is 913. The highest BCUT2D eigenvalue weighted by molar-refractivity contribution is 5.95. The minimum Gasteiger partial charge on any atom is -0.490 e. The van der Waals surface area contributed by atoms with E-state index >= 15 is 0 Å². The van der Waals surface area contributed by atoms with Crippen molar-refractivity contribution in [3.05, 3.63) is 96.1 Å². The van der Waals surface area contributed by atoms with E-state index in [1.54, 1.807) is 24.3 Å². The number of carbonyl (C=O) groups is 2.